The van der Waals surface area contributed by atoms with Gasteiger partial charge in [0.2, 0.25) is 5.88 Å². The maximum atomic E-state index is 10.4. The molecule has 3 rings (SSSR count). The van der Waals surface area contributed by atoms with Gasteiger partial charge in [-0.2, -0.15) is 0 Å². The summed E-state index contributed by atoms with van der Waals surface area (Å²) in [6.07, 6.45) is 1.99. The van der Waals surface area contributed by atoms with Crippen LogP contribution in [0.4, 0.5) is 0 Å². The molecule has 2 aromatic rings. The number of ether oxygens (including phenoxy) is 2. The van der Waals surface area contributed by atoms with Gasteiger partial charge in [-0.15, -0.1) is 0 Å². The fraction of sp³-hybridized carbons (Fsp3) is 0.333. The van der Waals surface area contributed by atoms with Crippen molar-refractivity contribution in [2.45, 2.75) is 18.9 Å². The molecule has 2 heterocycles. The molecule has 0 radical (unpaired) electrons. The lowest BCUT2D eigenvalue weighted by atomic mass is 10.0. The van der Waals surface area contributed by atoms with Crippen molar-refractivity contribution in [2.24, 2.45) is 0 Å². The monoisotopic (exact) mass is 350 g/mol. The van der Waals surface area contributed by atoms with Crippen molar-refractivity contribution in [1.29, 1.82) is 0 Å². The summed E-state index contributed by atoms with van der Waals surface area (Å²) in [7, 11) is 1.54. The van der Waals surface area contributed by atoms with Crippen LogP contribution >= 0.6 is 15.9 Å². The van der Waals surface area contributed by atoms with Gasteiger partial charge in [-0.3, -0.25) is 0 Å². The van der Waals surface area contributed by atoms with E-state index in [4.69, 9.17) is 9.47 Å². The van der Waals surface area contributed by atoms with Crippen molar-refractivity contribution in [3.8, 4) is 11.6 Å². The minimum absolute atomic E-state index is 0.432. The van der Waals surface area contributed by atoms with Gasteiger partial charge in [0, 0.05) is 23.4 Å². The predicted molar refractivity (Wildman–Crippen MR) is 80.6 cm³/mol. The molecule has 21 heavy (non-hydrogen) atoms. The number of halogens is 1. The number of nitrogens with zero attached hydrogens (tertiary/aromatic N) is 2. The molecule has 110 valence electrons. The van der Waals surface area contributed by atoms with E-state index in [0.717, 1.165) is 22.2 Å². The summed E-state index contributed by atoms with van der Waals surface area (Å²) in [5, 5.41) is 10.4. The van der Waals surface area contributed by atoms with Crippen LogP contribution in [0.25, 0.3) is 0 Å². The number of methoxy groups -OCH3 is 1. The second-order valence-corrected chi connectivity index (χ2v) is 5.77. The van der Waals surface area contributed by atoms with E-state index < -0.39 is 6.10 Å². The Hall–Kier alpha value is -1.66. The molecule has 1 N–H and O–H groups in total. The van der Waals surface area contributed by atoms with Crippen molar-refractivity contribution in [1.82, 2.24) is 9.97 Å². The lowest BCUT2D eigenvalue weighted by Gasteiger charge is -2.14. The van der Waals surface area contributed by atoms with Crippen molar-refractivity contribution in [3.63, 3.8) is 0 Å². The van der Waals surface area contributed by atoms with Crippen LogP contribution in [0, 0.1) is 0 Å². The van der Waals surface area contributed by atoms with Crippen LogP contribution in [0.2, 0.25) is 0 Å². The number of aromatic nitrogens is 2. The van der Waals surface area contributed by atoms with E-state index in [1.165, 1.54) is 19.0 Å². The molecule has 0 amide bonds. The van der Waals surface area contributed by atoms with E-state index in [1.54, 1.807) is 6.07 Å². The standard InChI is InChI=1S/C15H15BrN2O3/c1-20-14-7-12(17-8-18-14)13(19)6-10-5-11(16)4-9-2-3-21-15(9)10/h4-5,7-8,13,19H,2-3,6H2,1H3. The average Bonchev–Trinajstić information content (AvgIpc) is 2.95. The van der Waals surface area contributed by atoms with Crippen molar-refractivity contribution < 1.29 is 14.6 Å². The van der Waals surface area contributed by atoms with Gasteiger partial charge in [0.05, 0.1) is 19.4 Å². The highest BCUT2D eigenvalue weighted by molar-refractivity contribution is 9.10. The molecule has 1 aliphatic heterocycles. The molecule has 1 aliphatic rings. The fourth-order valence-corrected chi connectivity index (χ4v) is 3.01. The molecule has 0 spiro atoms. The van der Waals surface area contributed by atoms with Gasteiger partial charge in [-0.25, -0.2) is 9.97 Å². The first-order valence-electron chi connectivity index (χ1n) is 6.65. The normalized spacial score (nSPS) is 14.4. The smallest absolute Gasteiger partial charge is 0.216 e. The van der Waals surface area contributed by atoms with Crippen molar-refractivity contribution >= 4 is 15.9 Å². The number of hydrogen-bond donors (Lipinski definition) is 1. The Morgan fingerprint density at radius 2 is 2.24 bits per heavy atom. The SMILES string of the molecule is COc1cc(C(O)Cc2cc(Br)cc3c2OCC3)ncn1. The third-order valence-corrected chi connectivity index (χ3v) is 3.91. The first kappa shape index (κ1) is 14.3. The van der Waals surface area contributed by atoms with Crippen LogP contribution in [0.3, 0.4) is 0 Å². The van der Waals surface area contributed by atoms with Crippen molar-refractivity contribution in [3.05, 3.63) is 45.8 Å². The van der Waals surface area contributed by atoms with Crippen molar-refractivity contribution in [2.75, 3.05) is 13.7 Å². The molecule has 5 nitrogen and oxygen atoms in total. The molecule has 0 fully saturated rings. The summed E-state index contributed by atoms with van der Waals surface area (Å²) in [6.45, 7) is 0.691. The van der Waals surface area contributed by atoms with E-state index in [-0.39, 0.29) is 0 Å². The second-order valence-electron chi connectivity index (χ2n) is 4.86. The van der Waals surface area contributed by atoms with E-state index in [9.17, 15) is 5.11 Å². The van der Waals surface area contributed by atoms with Gasteiger partial charge in [-0.05, 0) is 23.3 Å². The molecule has 0 bridgehead atoms. The minimum Gasteiger partial charge on any atom is -0.493 e. The van der Waals surface area contributed by atoms with Gasteiger partial charge in [0.1, 0.15) is 18.2 Å². The largest absolute Gasteiger partial charge is 0.493 e. The molecule has 1 unspecified atom stereocenters. The molecule has 0 saturated heterocycles. The highest BCUT2D eigenvalue weighted by Gasteiger charge is 2.20. The second kappa shape index (κ2) is 5.99. The summed E-state index contributed by atoms with van der Waals surface area (Å²) >= 11 is 3.50. The maximum absolute atomic E-state index is 10.4. The zero-order chi connectivity index (χ0) is 14.8. The third kappa shape index (κ3) is 3.01. The maximum Gasteiger partial charge on any atom is 0.216 e. The molecule has 1 atom stereocenters. The molecule has 1 aromatic carbocycles. The van der Waals surface area contributed by atoms with Gasteiger partial charge in [0.25, 0.3) is 0 Å². The van der Waals surface area contributed by atoms with Crippen LogP contribution < -0.4 is 9.47 Å². The summed E-state index contributed by atoms with van der Waals surface area (Å²) < 4.78 is 11.7. The number of rotatable bonds is 4. The molecule has 1 aromatic heterocycles. The van der Waals surface area contributed by atoms with E-state index in [2.05, 4.69) is 32.0 Å². The summed E-state index contributed by atoms with van der Waals surface area (Å²) in [5.74, 6) is 1.33. The molecule has 0 aliphatic carbocycles. The first-order chi connectivity index (χ1) is 10.2. The van der Waals surface area contributed by atoms with Crippen LogP contribution in [-0.4, -0.2) is 28.8 Å². The molecule has 0 saturated carbocycles. The quantitative estimate of drug-likeness (QED) is 0.917. The minimum atomic E-state index is -0.732. The first-order valence-corrected chi connectivity index (χ1v) is 7.45. The fourth-order valence-electron chi connectivity index (χ4n) is 2.46. The Bertz CT molecular complexity index is 663. The van der Waals surface area contributed by atoms with E-state index in [1.807, 2.05) is 6.07 Å². The van der Waals surface area contributed by atoms with Crippen LogP contribution in [0.1, 0.15) is 22.9 Å². The zero-order valence-electron chi connectivity index (χ0n) is 11.5. The summed E-state index contributed by atoms with van der Waals surface area (Å²) in [4.78, 5) is 8.05. The van der Waals surface area contributed by atoms with Crippen LogP contribution in [0.15, 0.2) is 29.0 Å². The molecular formula is C15H15BrN2O3. The third-order valence-electron chi connectivity index (χ3n) is 3.45. The average molecular weight is 351 g/mol. The zero-order valence-corrected chi connectivity index (χ0v) is 13.1. The Kier molecular flexibility index (Phi) is 4.07. The lowest BCUT2D eigenvalue weighted by molar-refractivity contribution is 0.171. The predicted octanol–water partition coefficient (Wildman–Crippen LogP) is 2.46. The number of aliphatic hydroxyl groups is 1. The van der Waals surface area contributed by atoms with Gasteiger partial charge < -0.3 is 14.6 Å². The van der Waals surface area contributed by atoms with E-state index >= 15 is 0 Å². The number of hydrogen-bond acceptors (Lipinski definition) is 5. The van der Waals surface area contributed by atoms with Crippen LogP contribution in [0.5, 0.6) is 11.6 Å². The highest BCUT2D eigenvalue weighted by Crippen LogP contribution is 2.35. The highest BCUT2D eigenvalue weighted by atomic mass is 79.9. The lowest BCUT2D eigenvalue weighted by Crippen LogP contribution is -2.06. The summed E-state index contributed by atoms with van der Waals surface area (Å²) in [6, 6.07) is 5.68. The van der Waals surface area contributed by atoms with E-state index in [0.29, 0.717) is 24.6 Å². The Balaban J connectivity index is 1.86. The number of aliphatic hydroxyl groups excluding tert-OH is 1. The van der Waals surface area contributed by atoms with Crippen LogP contribution in [-0.2, 0) is 12.8 Å². The molecular weight excluding hydrogens is 336 g/mol. The topological polar surface area (TPSA) is 64.5 Å². The van der Waals surface area contributed by atoms with Gasteiger partial charge >= 0.3 is 0 Å². The Morgan fingerprint density at radius 1 is 1.38 bits per heavy atom. The number of fused-ring (bicyclic) bond motifs is 1. The van der Waals surface area contributed by atoms with Gasteiger partial charge in [-0.1, -0.05) is 15.9 Å². The number of benzene rings is 1. The van der Waals surface area contributed by atoms with Gasteiger partial charge in [0.15, 0.2) is 0 Å². The Labute approximate surface area is 131 Å². The Morgan fingerprint density at radius 3 is 3.05 bits per heavy atom. The summed E-state index contributed by atoms with van der Waals surface area (Å²) in [5.41, 5.74) is 2.68. The molecule has 6 heteroatoms.